The quantitative estimate of drug-likeness (QED) is 0.434. The first-order valence-corrected chi connectivity index (χ1v) is 12.7. The molecule has 10 nitrogen and oxygen atoms in total. The van der Waals surface area contributed by atoms with E-state index in [1.165, 1.54) is 16.8 Å². The van der Waals surface area contributed by atoms with Crippen molar-refractivity contribution in [1.82, 2.24) is 24.8 Å². The van der Waals surface area contributed by atoms with Crippen molar-refractivity contribution in [3.05, 3.63) is 41.1 Å². The summed E-state index contributed by atoms with van der Waals surface area (Å²) >= 11 is 0. The molecule has 13 heteroatoms. The number of ether oxygens (including phenoxy) is 1. The van der Waals surface area contributed by atoms with Gasteiger partial charge >= 0.3 is 6.36 Å². The number of amides is 2. The molecule has 0 saturated heterocycles. The number of hydrogen-bond acceptors (Lipinski definition) is 7. The summed E-state index contributed by atoms with van der Waals surface area (Å²) in [6.07, 6.45) is -0.759. The largest absolute Gasteiger partial charge is 0.573 e. The minimum Gasteiger partial charge on any atom is -0.405 e. The number of aromatic nitrogens is 3. The number of nitrogen functional groups attached to an aromatic ring is 1. The first-order chi connectivity index (χ1) is 18.3. The number of fused-ring (bicyclic) bond motifs is 2. The summed E-state index contributed by atoms with van der Waals surface area (Å²) in [4.78, 5) is 32.3. The zero-order chi connectivity index (χ0) is 27.9. The molecule has 2 amide bonds. The highest BCUT2D eigenvalue weighted by molar-refractivity contribution is 6.05. The molecule has 2 fully saturated rings. The van der Waals surface area contributed by atoms with Crippen LogP contribution in [0.4, 0.5) is 19.0 Å². The number of aliphatic hydroxyl groups is 1. The fourth-order valence-electron chi connectivity index (χ4n) is 5.64. The van der Waals surface area contributed by atoms with Crippen LogP contribution in [-0.2, 0) is 6.54 Å². The molecule has 1 aromatic carbocycles. The molecule has 3 heterocycles. The van der Waals surface area contributed by atoms with Crippen LogP contribution in [0.2, 0.25) is 0 Å². The molecule has 3 aliphatic rings. The van der Waals surface area contributed by atoms with E-state index in [2.05, 4.69) is 20.1 Å². The highest BCUT2D eigenvalue weighted by Gasteiger charge is 2.43. The standard InChI is InChI=1S/C26H27F3N6O4/c1-12(13-3-4-13)34-11-15-7-14(8-18(19(15)24(34)37)39-26(27,28)29)17-5-6-35-22(32-17)20(21(30)33-35)23(36)31-16-9-25(2,38)10-16/h5-8,12-13,16,38H,3-4,9-11H2,1-2H3,(H2,30,33)(H,31,36)/t12?,16-,25+. The van der Waals surface area contributed by atoms with Gasteiger partial charge in [0, 0.05) is 30.4 Å². The van der Waals surface area contributed by atoms with Crippen LogP contribution >= 0.6 is 0 Å². The molecule has 0 bridgehead atoms. The lowest BCUT2D eigenvalue weighted by Crippen LogP contribution is -2.53. The Morgan fingerprint density at radius 1 is 1.31 bits per heavy atom. The van der Waals surface area contributed by atoms with Gasteiger partial charge in [-0.25, -0.2) is 9.50 Å². The van der Waals surface area contributed by atoms with Gasteiger partial charge in [0.1, 0.15) is 11.3 Å². The molecular weight excluding hydrogens is 517 g/mol. The molecule has 1 aliphatic heterocycles. The fourth-order valence-corrected chi connectivity index (χ4v) is 5.64. The van der Waals surface area contributed by atoms with Crippen LogP contribution < -0.4 is 15.8 Å². The van der Waals surface area contributed by atoms with Crippen LogP contribution in [0.25, 0.3) is 16.9 Å². The Morgan fingerprint density at radius 3 is 2.67 bits per heavy atom. The molecule has 4 N–H and O–H groups in total. The molecule has 6 rings (SSSR count). The Kier molecular flexibility index (Phi) is 5.58. The van der Waals surface area contributed by atoms with Crippen LogP contribution in [-0.4, -0.2) is 60.5 Å². The first-order valence-electron chi connectivity index (χ1n) is 12.7. The van der Waals surface area contributed by atoms with E-state index in [4.69, 9.17) is 5.73 Å². The van der Waals surface area contributed by atoms with E-state index < -0.39 is 29.5 Å². The summed E-state index contributed by atoms with van der Waals surface area (Å²) in [6, 6.07) is 3.97. The molecule has 39 heavy (non-hydrogen) atoms. The molecule has 206 valence electrons. The maximum Gasteiger partial charge on any atom is 0.573 e. The van der Waals surface area contributed by atoms with Crippen molar-refractivity contribution < 1.29 is 32.6 Å². The van der Waals surface area contributed by atoms with Crippen molar-refractivity contribution in [2.75, 3.05) is 5.73 Å². The van der Waals surface area contributed by atoms with Crippen molar-refractivity contribution in [3.63, 3.8) is 0 Å². The average Bonchev–Trinajstić information content (AvgIpc) is 3.53. The van der Waals surface area contributed by atoms with Crippen LogP contribution in [0.1, 0.15) is 65.8 Å². The Balaban J connectivity index is 1.38. The number of nitrogens with one attached hydrogen (secondary N) is 1. The summed E-state index contributed by atoms with van der Waals surface area (Å²) in [5, 5.41) is 16.9. The number of benzene rings is 1. The van der Waals surface area contributed by atoms with Crippen molar-refractivity contribution in [2.45, 2.75) is 70.1 Å². The van der Waals surface area contributed by atoms with Gasteiger partial charge in [-0.15, -0.1) is 18.3 Å². The van der Waals surface area contributed by atoms with Crippen molar-refractivity contribution in [1.29, 1.82) is 0 Å². The molecule has 3 aromatic rings. The maximum atomic E-state index is 13.4. The van der Waals surface area contributed by atoms with E-state index in [1.54, 1.807) is 17.9 Å². The van der Waals surface area contributed by atoms with Crippen LogP contribution in [0, 0.1) is 5.92 Å². The molecule has 1 atom stereocenters. The number of halogens is 3. The second-order valence-electron chi connectivity index (χ2n) is 11.0. The van der Waals surface area contributed by atoms with E-state index in [9.17, 15) is 27.9 Å². The number of anilines is 1. The molecule has 2 aliphatic carbocycles. The van der Waals surface area contributed by atoms with Gasteiger partial charge in [-0.2, -0.15) is 0 Å². The molecule has 2 aromatic heterocycles. The normalized spacial score (nSPS) is 23.5. The SMILES string of the molecule is CC(C1CC1)N1Cc2cc(-c3ccn4nc(N)c(C(=O)N[C@H]5C[C@@](C)(O)C5)c4n3)cc(OC(F)(F)F)c2C1=O. The molecular formula is C26H27F3N6O4. The zero-order valence-electron chi connectivity index (χ0n) is 21.2. The van der Waals surface area contributed by atoms with Gasteiger partial charge in [-0.05, 0) is 69.2 Å². The van der Waals surface area contributed by atoms with E-state index in [1.807, 2.05) is 6.92 Å². The van der Waals surface area contributed by atoms with E-state index in [-0.39, 0.29) is 52.5 Å². The predicted octanol–water partition coefficient (Wildman–Crippen LogP) is 3.27. The summed E-state index contributed by atoms with van der Waals surface area (Å²) in [6.45, 7) is 3.75. The smallest absolute Gasteiger partial charge is 0.405 e. The predicted molar refractivity (Wildman–Crippen MR) is 133 cm³/mol. The van der Waals surface area contributed by atoms with Gasteiger partial charge < -0.3 is 25.8 Å². The topological polar surface area (TPSA) is 135 Å². The van der Waals surface area contributed by atoms with Gasteiger partial charge in [-0.3, -0.25) is 9.59 Å². The average molecular weight is 545 g/mol. The van der Waals surface area contributed by atoms with Crippen LogP contribution in [0.3, 0.4) is 0 Å². The number of rotatable bonds is 6. The Morgan fingerprint density at radius 2 is 2.03 bits per heavy atom. The van der Waals surface area contributed by atoms with Gasteiger partial charge in [0.15, 0.2) is 11.5 Å². The number of nitrogens with two attached hydrogens (primary N) is 1. The monoisotopic (exact) mass is 544 g/mol. The number of carbonyl (C=O) groups excluding carboxylic acids is 2. The van der Waals surface area contributed by atoms with Gasteiger partial charge in [0.05, 0.1) is 16.9 Å². The van der Waals surface area contributed by atoms with Crippen molar-refractivity contribution in [3.8, 4) is 17.0 Å². The number of nitrogens with zero attached hydrogens (tertiary/aromatic N) is 4. The Labute approximate surface area is 220 Å². The lowest BCUT2D eigenvalue weighted by atomic mass is 9.77. The molecule has 1 unspecified atom stereocenters. The fraction of sp³-hybridized carbons (Fsp3) is 0.462. The third-order valence-corrected chi connectivity index (χ3v) is 7.76. The number of alkyl halides is 3. The summed E-state index contributed by atoms with van der Waals surface area (Å²) < 4.78 is 45.7. The number of hydrogen-bond donors (Lipinski definition) is 3. The summed E-state index contributed by atoms with van der Waals surface area (Å²) in [7, 11) is 0. The maximum absolute atomic E-state index is 13.4. The Bertz CT molecular complexity index is 1510. The van der Waals surface area contributed by atoms with Crippen molar-refractivity contribution >= 4 is 23.3 Å². The summed E-state index contributed by atoms with van der Waals surface area (Å²) in [5.41, 5.74) is 6.16. The zero-order valence-corrected chi connectivity index (χ0v) is 21.2. The second kappa shape index (κ2) is 8.57. The van der Waals surface area contributed by atoms with Gasteiger partial charge in [-0.1, -0.05) is 0 Å². The second-order valence-corrected chi connectivity index (χ2v) is 11.0. The van der Waals surface area contributed by atoms with Gasteiger partial charge in [0.25, 0.3) is 11.8 Å². The highest BCUT2D eigenvalue weighted by atomic mass is 19.4. The minimum absolute atomic E-state index is 0.0240. The molecule has 0 radical (unpaired) electrons. The van der Waals surface area contributed by atoms with Crippen LogP contribution in [0.15, 0.2) is 24.4 Å². The lowest BCUT2D eigenvalue weighted by Gasteiger charge is -2.41. The molecule has 2 saturated carbocycles. The van der Waals surface area contributed by atoms with Crippen molar-refractivity contribution in [2.24, 2.45) is 5.92 Å². The summed E-state index contributed by atoms with van der Waals surface area (Å²) in [5.74, 6) is -1.32. The number of carbonyl (C=O) groups is 2. The van der Waals surface area contributed by atoms with E-state index in [0.29, 0.717) is 24.3 Å². The van der Waals surface area contributed by atoms with Crippen LogP contribution in [0.5, 0.6) is 5.75 Å². The minimum atomic E-state index is -5.00. The third-order valence-electron chi connectivity index (χ3n) is 7.76. The lowest BCUT2D eigenvalue weighted by molar-refractivity contribution is -0.274. The highest BCUT2D eigenvalue weighted by Crippen LogP contribution is 2.42. The van der Waals surface area contributed by atoms with E-state index in [0.717, 1.165) is 18.9 Å². The Hall–Kier alpha value is -3.87. The molecule has 0 spiro atoms. The van der Waals surface area contributed by atoms with Gasteiger partial charge in [0.2, 0.25) is 0 Å². The first kappa shape index (κ1) is 25.4. The third kappa shape index (κ3) is 4.64. The van der Waals surface area contributed by atoms with E-state index >= 15 is 0 Å².